The number of amides is 1. The van der Waals surface area contributed by atoms with E-state index < -0.39 is 5.97 Å². The number of halogens is 2. The summed E-state index contributed by atoms with van der Waals surface area (Å²) in [4.78, 5) is 23.0. The summed E-state index contributed by atoms with van der Waals surface area (Å²) in [5.41, 5.74) is 1.15. The van der Waals surface area contributed by atoms with Crippen molar-refractivity contribution in [1.29, 1.82) is 0 Å². The standard InChI is InChI=1S/C25H29Cl2NO5/c1-3-7-17(2)16-33-25-19(26)14-18(15-20(25)27)11-12-23(29)28-21-8-4-5-9-22(21)32-13-6-10-24(30)31/h4-5,8-9,11-12,14-15,17H,3,6-7,10,13,16H2,1-2H3,(H,28,29)(H,30,31). The predicted molar refractivity (Wildman–Crippen MR) is 132 cm³/mol. The number of carbonyl (C=O) groups excluding carboxylic acids is 1. The molecule has 33 heavy (non-hydrogen) atoms. The third-order valence-electron chi connectivity index (χ3n) is 4.68. The van der Waals surface area contributed by atoms with Crippen LogP contribution in [0.2, 0.25) is 10.0 Å². The summed E-state index contributed by atoms with van der Waals surface area (Å²) >= 11 is 12.7. The number of carbonyl (C=O) groups is 2. The zero-order valence-electron chi connectivity index (χ0n) is 18.8. The number of benzene rings is 2. The van der Waals surface area contributed by atoms with Gasteiger partial charge in [0.25, 0.3) is 0 Å². The molecule has 0 spiro atoms. The van der Waals surface area contributed by atoms with Gasteiger partial charge >= 0.3 is 5.97 Å². The monoisotopic (exact) mass is 493 g/mol. The van der Waals surface area contributed by atoms with E-state index in [4.69, 9.17) is 37.8 Å². The lowest BCUT2D eigenvalue weighted by molar-refractivity contribution is -0.137. The Hall–Kier alpha value is -2.70. The normalized spacial score (nSPS) is 11.9. The summed E-state index contributed by atoms with van der Waals surface area (Å²) in [5.74, 6) is 0.0644. The van der Waals surface area contributed by atoms with Gasteiger partial charge in [-0.25, -0.2) is 0 Å². The van der Waals surface area contributed by atoms with Crippen LogP contribution in [0.15, 0.2) is 42.5 Å². The lowest BCUT2D eigenvalue weighted by atomic mass is 10.1. The highest BCUT2D eigenvalue weighted by Crippen LogP contribution is 2.35. The molecule has 178 valence electrons. The first kappa shape index (κ1) is 26.6. The van der Waals surface area contributed by atoms with Crippen molar-refractivity contribution in [1.82, 2.24) is 0 Å². The largest absolute Gasteiger partial charge is 0.491 e. The fraction of sp³-hybridized carbons (Fsp3) is 0.360. The molecule has 0 aromatic heterocycles. The quantitative estimate of drug-likeness (QED) is 0.239. The van der Waals surface area contributed by atoms with Crippen molar-refractivity contribution in [3.05, 3.63) is 58.1 Å². The van der Waals surface area contributed by atoms with E-state index in [0.717, 1.165) is 12.8 Å². The summed E-state index contributed by atoms with van der Waals surface area (Å²) in [6, 6.07) is 10.3. The fourth-order valence-electron chi connectivity index (χ4n) is 3.06. The minimum Gasteiger partial charge on any atom is -0.491 e. The fourth-order valence-corrected chi connectivity index (χ4v) is 3.68. The second-order valence-electron chi connectivity index (χ2n) is 7.68. The number of para-hydroxylation sites is 2. The van der Waals surface area contributed by atoms with Crippen molar-refractivity contribution in [2.45, 2.75) is 39.5 Å². The average Bonchev–Trinajstić information content (AvgIpc) is 2.76. The Labute approximate surface area is 204 Å². The van der Waals surface area contributed by atoms with Gasteiger partial charge in [-0.2, -0.15) is 0 Å². The molecule has 2 rings (SSSR count). The van der Waals surface area contributed by atoms with Crippen molar-refractivity contribution in [3.8, 4) is 11.5 Å². The zero-order chi connectivity index (χ0) is 24.2. The van der Waals surface area contributed by atoms with Crippen LogP contribution in [-0.4, -0.2) is 30.2 Å². The number of hydrogen-bond donors (Lipinski definition) is 2. The molecule has 0 saturated heterocycles. The number of anilines is 1. The van der Waals surface area contributed by atoms with Crippen LogP contribution in [0.1, 0.15) is 45.1 Å². The Bertz CT molecular complexity index is 954. The third kappa shape index (κ3) is 9.36. The van der Waals surface area contributed by atoms with Gasteiger partial charge in [-0.15, -0.1) is 0 Å². The smallest absolute Gasteiger partial charge is 0.303 e. The number of aliphatic carboxylic acids is 1. The molecular weight excluding hydrogens is 465 g/mol. The zero-order valence-corrected chi connectivity index (χ0v) is 20.3. The Morgan fingerprint density at radius 1 is 1.15 bits per heavy atom. The number of carboxylic acid groups (broad SMARTS) is 1. The number of ether oxygens (including phenoxy) is 2. The van der Waals surface area contributed by atoms with Crippen molar-refractivity contribution in [3.63, 3.8) is 0 Å². The topological polar surface area (TPSA) is 84.9 Å². The number of nitrogens with one attached hydrogen (secondary N) is 1. The maximum Gasteiger partial charge on any atom is 0.303 e. The van der Waals surface area contributed by atoms with Crippen LogP contribution in [0.4, 0.5) is 5.69 Å². The molecule has 0 heterocycles. The van der Waals surface area contributed by atoms with E-state index in [9.17, 15) is 9.59 Å². The van der Waals surface area contributed by atoms with Crippen LogP contribution < -0.4 is 14.8 Å². The van der Waals surface area contributed by atoms with E-state index in [1.807, 2.05) is 0 Å². The highest BCUT2D eigenvalue weighted by Gasteiger charge is 2.12. The first-order chi connectivity index (χ1) is 15.8. The van der Waals surface area contributed by atoms with Crippen molar-refractivity contribution >= 4 is 46.8 Å². The van der Waals surface area contributed by atoms with Crippen LogP contribution in [0, 0.1) is 5.92 Å². The lowest BCUT2D eigenvalue weighted by Gasteiger charge is -2.14. The molecule has 1 amide bonds. The molecule has 0 bridgehead atoms. The predicted octanol–water partition coefficient (Wildman–Crippen LogP) is 6.70. The average molecular weight is 494 g/mol. The van der Waals surface area contributed by atoms with E-state index in [-0.39, 0.29) is 18.9 Å². The first-order valence-corrected chi connectivity index (χ1v) is 11.6. The highest BCUT2D eigenvalue weighted by molar-refractivity contribution is 6.37. The van der Waals surface area contributed by atoms with Gasteiger partial charge in [-0.3, -0.25) is 9.59 Å². The third-order valence-corrected chi connectivity index (χ3v) is 5.24. The summed E-state index contributed by atoms with van der Waals surface area (Å²) in [5, 5.41) is 12.2. The van der Waals surface area contributed by atoms with E-state index in [0.29, 0.717) is 51.7 Å². The number of rotatable bonds is 13. The van der Waals surface area contributed by atoms with Crippen molar-refractivity contribution in [2.24, 2.45) is 5.92 Å². The molecule has 1 unspecified atom stereocenters. The molecule has 0 fully saturated rings. The number of hydrogen-bond acceptors (Lipinski definition) is 4. The maximum atomic E-state index is 12.4. The minimum atomic E-state index is -0.879. The molecule has 0 aliphatic carbocycles. The molecule has 2 N–H and O–H groups in total. The molecule has 0 aliphatic rings. The van der Waals surface area contributed by atoms with E-state index in [2.05, 4.69) is 19.2 Å². The molecule has 8 heteroatoms. The Balaban J connectivity index is 1.98. The van der Waals surface area contributed by atoms with Gasteiger partial charge in [-0.1, -0.05) is 55.6 Å². The van der Waals surface area contributed by atoms with Crippen LogP contribution in [0.3, 0.4) is 0 Å². The summed E-state index contributed by atoms with van der Waals surface area (Å²) in [6.45, 7) is 5.00. The van der Waals surface area contributed by atoms with Gasteiger partial charge in [0.15, 0.2) is 5.75 Å². The SMILES string of the molecule is CCCC(C)COc1c(Cl)cc(C=CC(=O)Nc2ccccc2OCCCC(=O)O)cc1Cl. The molecular formula is C25H29Cl2NO5. The summed E-state index contributed by atoms with van der Waals surface area (Å²) < 4.78 is 11.4. The Morgan fingerprint density at radius 3 is 2.52 bits per heavy atom. The highest BCUT2D eigenvalue weighted by atomic mass is 35.5. The Morgan fingerprint density at radius 2 is 1.85 bits per heavy atom. The van der Waals surface area contributed by atoms with Crippen LogP contribution in [0.25, 0.3) is 6.08 Å². The minimum absolute atomic E-state index is 0.0178. The van der Waals surface area contributed by atoms with E-state index in [1.165, 1.54) is 6.08 Å². The van der Waals surface area contributed by atoms with Gasteiger partial charge in [0.05, 0.1) is 28.9 Å². The second kappa shape index (κ2) is 13.8. The summed E-state index contributed by atoms with van der Waals surface area (Å²) in [6.07, 6.45) is 5.50. The number of carboxylic acids is 1. The van der Waals surface area contributed by atoms with E-state index >= 15 is 0 Å². The maximum absolute atomic E-state index is 12.4. The van der Waals surface area contributed by atoms with Gasteiger partial charge in [0, 0.05) is 12.5 Å². The van der Waals surface area contributed by atoms with Gasteiger partial charge in [0.2, 0.25) is 5.91 Å². The van der Waals surface area contributed by atoms with E-state index in [1.54, 1.807) is 42.5 Å². The lowest BCUT2D eigenvalue weighted by Crippen LogP contribution is -2.10. The summed E-state index contributed by atoms with van der Waals surface area (Å²) in [7, 11) is 0. The van der Waals surface area contributed by atoms with Crippen LogP contribution >= 0.6 is 23.2 Å². The molecule has 0 radical (unpaired) electrons. The second-order valence-corrected chi connectivity index (χ2v) is 8.50. The van der Waals surface area contributed by atoms with Crippen LogP contribution in [0.5, 0.6) is 11.5 Å². The molecule has 2 aromatic rings. The molecule has 0 aliphatic heterocycles. The van der Waals surface area contributed by atoms with Gasteiger partial charge in [0.1, 0.15) is 5.75 Å². The first-order valence-electron chi connectivity index (χ1n) is 10.8. The molecule has 1 atom stereocenters. The molecule has 2 aromatic carbocycles. The van der Waals surface area contributed by atoms with Gasteiger partial charge < -0.3 is 19.9 Å². The van der Waals surface area contributed by atoms with Crippen LogP contribution in [-0.2, 0) is 9.59 Å². The van der Waals surface area contributed by atoms with Gasteiger partial charge in [-0.05, 0) is 54.7 Å². The van der Waals surface area contributed by atoms with Crippen molar-refractivity contribution < 1.29 is 24.2 Å². The molecule has 0 saturated carbocycles. The molecule has 6 nitrogen and oxygen atoms in total. The van der Waals surface area contributed by atoms with Crippen molar-refractivity contribution in [2.75, 3.05) is 18.5 Å². The Kier molecular flexibility index (Phi) is 11.1.